The molecule has 1 aliphatic heterocycles. The summed E-state index contributed by atoms with van der Waals surface area (Å²) in [6, 6.07) is 12.7. The number of hydrogen-bond donors (Lipinski definition) is 1. The molecular formula is C19H21ClFN3O2. The number of carbonyl (C=O) groups excluding carboxylic acids is 2. The lowest BCUT2D eigenvalue weighted by Gasteiger charge is -2.24. The number of amides is 2. The van der Waals surface area contributed by atoms with Gasteiger partial charge in [0, 0.05) is 19.3 Å². The van der Waals surface area contributed by atoms with E-state index in [1.165, 1.54) is 15.9 Å². The van der Waals surface area contributed by atoms with Crippen LogP contribution in [0.3, 0.4) is 0 Å². The fourth-order valence-electron chi connectivity index (χ4n) is 3.04. The number of likely N-dealkylation sites (N-methyl/N-ethyl adjacent to an activating group) is 1. The molecule has 2 aromatic rings. The summed E-state index contributed by atoms with van der Waals surface area (Å²) in [5.74, 6) is -0.843. The molecule has 1 fully saturated rings. The zero-order chi connectivity index (χ0) is 18.0. The second-order valence-electron chi connectivity index (χ2n) is 6.17. The van der Waals surface area contributed by atoms with Gasteiger partial charge in [-0.05, 0) is 36.2 Å². The Labute approximate surface area is 158 Å². The molecule has 7 heteroatoms. The van der Waals surface area contributed by atoms with E-state index >= 15 is 0 Å². The molecule has 2 aromatic carbocycles. The average molecular weight is 378 g/mol. The summed E-state index contributed by atoms with van der Waals surface area (Å²) in [5, 5.41) is 0. The molecule has 0 bridgehead atoms. The van der Waals surface area contributed by atoms with E-state index in [0.29, 0.717) is 18.7 Å². The van der Waals surface area contributed by atoms with Crippen molar-refractivity contribution in [3.8, 4) is 0 Å². The molecule has 0 spiro atoms. The van der Waals surface area contributed by atoms with Crippen molar-refractivity contribution in [3.63, 3.8) is 0 Å². The standard InChI is InChI=1S/C19H20FN3O2.ClH/c1-22(18(24)12-13-6-8-14(21)9-7-13)17-10-11-23(19(17)25)16-5-3-2-4-15(16)20;/h2-9,17H,10-12,21H2,1H3;1H. The van der Waals surface area contributed by atoms with Crippen LogP contribution in [0.1, 0.15) is 12.0 Å². The van der Waals surface area contributed by atoms with Crippen LogP contribution >= 0.6 is 12.4 Å². The van der Waals surface area contributed by atoms with Crippen LogP contribution in [0.5, 0.6) is 0 Å². The molecular weight excluding hydrogens is 357 g/mol. The highest BCUT2D eigenvalue weighted by molar-refractivity contribution is 6.01. The maximum Gasteiger partial charge on any atom is 0.249 e. The number of nitrogens with zero attached hydrogens (tertiary/aromatic N) is 2. The molecule has 0 aromatic heterocycles. The number of rotatable bonds is 4. The van der Waals surface area contributed by atoms with Crippen LogP contribution in [0.4, 0.5) is 15.8 Å². The largest absolute Gasteiger partial charge is 0.399 e. The molecule has 3 rings (SSSR count). The lowest BCUT2D eigenvalue weighted by molar-refractivity contribution is -0.136. The molecule has 1 atom stereocenters. The second-order valence-corrected chi connectivity index (χ2v) is 6.17. The van der Waals surface area contributed by atoms with Gasteiger partial charge in [-0.2, -0.15) is 0 Å². The smallest absolute Gasteiger partial charge is 0.249 e. The van der Waals surface area contributed by atoms with Gasteiger partial charge in [0.1, 0.15) is 11.9 Å². The molecule has 26 heavy (non-hydrogen) atoms. The summed E-state index contributed by atoms with van der Waals surface area (Å²) in [5.41, 5.74) is 7.37. The van der Waals surface area contributed by atoms with E-state index in [1.807, 2.05) is 0 Å². The second kappa shape index (κ2) is 8.19. The number of benzene rings is 2. The van der Waals surface area contributed by atoms with Crippen LogP contribution in [0.2, 0.25) is 0 Å². The summed E-state index contributed by atoms with van der Waals surface area (Å²) in [4.78, 5) is 28.0. The van der Waals surface area contributed by atoms with E-state index in [9.17, 15) is 14.0 Å². The van der Waals surface area contributed by atoms with Gasteiger partial charge in [-0.3, -0.25) is 9.59 Å². The fourth-order valence-corrected chi connectivity index (χ4v) is 3.04. The molecule has 0 radical (unpaired) electrons. The predicted molar refractivity (Wildman–Crippen MR) is 102 cm³/mol. The van der Waals surface area contributed by atoms with Crippen LogP contribution in [0.25, 0.3) is 0 Å². The highest BCUT2D eigenvalue weighted by Gasteiger charge is 2.37. The molecule has 1 unspecified atom stereocenters. The van der Waals surface area contributed by atoms with E-state index in [1.54, 1.807) is 49.5 Å². The quantitative estimate of drug-likeness (QED) is 0.833. The lowest BCUT2D eigenvalue weighted by atomic mass is 10.1. The molecule has 1 heterocycles. The predicted octanol–water partition coefficient (Wildman–Crippen LogP) is 2.64. The Hall–Kier alpha value is -2.60. The van der Waals surface area contributed by atoms with E-state index < -0.39 is 11.9 Å². The first-order chi connectivity index (χ1) is 12.0. The van der Waals surface area contributed by atoms with Crippen molar-refractivity contribution in [1.29, 1.82) is 0 Å². The topological polar surface area (TPSA) is 66.6 Å². The van der Waals surface area contributed by atoms with Crippen molar-refractivity contribution in [1.82, 2.24) is 4.90 Å². The molecule has 0 saturated carbocycles. The summed E-state index contributed by atoms with van der Waals surface area (Å²) in [7, 11) is 1.62. The highest BCUT2D eigenvalue weighted by Crippen LogP contribution is 2.26. The minimum atomic E-state index is -0.569. The zero-order valence-corrected chi connectivity index (χ0v) is 15.2. The number of anilines is 2. The Bertz CT molecular complexity index is 798. The number of nitrogens with two attached hydrogens (primary N) is 1. The van der Waals surface area contributed by atoms with Crippen molar-refractivity contribution < 1.29 is 14.0 Å². The third-order valence-corrected chi connectivity index (χ3v) is 4.52. The van der Waals surface area contributed by atoms with Crippen LogP contribution in [0.15, 0.2) is 48.5 Å². The van der Waals surface area contributed by atoms with Crippen LogP contribution in [0, 0.1) is 5.82 Å². The Morgan fingerprint density at radius 3 is 2.54 bits per heavy atom. The number of para-hydroxylation sites is 1. The van der Waals surface area contributed by atoms with Gasteiger partial charge < -0.3 is 15.5 Å². The normalized spacial score (nSPS) is 16.3. The van der Waals surface area contributed by atoms with Gasteiger partial charge in [0.2, 0.25) is 11.8 Å². The lowest BCUT2D eigenvalue weighted by Crippen LogP contribution is -2.43. The van der Waals surface area contributed by atoms with Crippen molar-refractivity contribution in [2.45, 2.75) is 18.9 Å². The number of nitrogen functional groups attached to an aromatic ring is 1. The molecule has 138 valence electrons. The van der Waals surface area contributed by atoms with Gasteiger partial charge >= 0.3 is 0 Å². The van der Waals surface area contributed by atoms with Gasteiger partial charge in [0.15, 0.2) is 0 Å². The van der Waals surface area contributed by atoms with Gasteiger partial charge in [0.05, 0.1) is 12.1 Å². The van der Waals surface area contributed by atoms with Crippen molar-refractivity contribution >= 4 is 35.6 Å². The Kier molecular flexibility index (Phi) is 6.21. The zero-order valence-electron chi connectivity index (χ0n) is 14.4. The van der Waals surface area contributed by atoms with E-state index in [4.69, 9.17) is 5.73 Å². The first kappa shape index (κ1) is 19.7. The minimum Gasteiger partial charge on any atom is -0.399 e. The third-order valence-electron chi connectivity index (χ3n) is 4.52. The molecule has 5 nitrogen and oxygen atoms in total. The number of halogens is 2. The van der Waals surface area contributed by atoms with Crippen LogP contribution in [-0.4, -0.2) is 36.3 Å². The maximum atomic E-state index is 13.9. The SMILES string of the molecule is CN(C(=O)Cc1ccc(N)cc1)C1CCN(c2ccccc2F)C1=O.Cl. The fraction of sp³-hybridized carbons (Fsp3) is 0.263. The highest BCUT2D eigenvalue weighted by atomic mass is 35.5. The van der Waals surface area contributed by atoms with Crippen LogP contribution in [-0.2, 0) is 16.0 Å². The van der Waals surface area contributed by atoms with Gasteiger partial charge in [-0.1, -0.05) is 24.3 Å². The molecule has 1 aliphatic rings. The van der Waals surface area contributed by atoms with E-state index in [2.05, 4.69) is 0 Å². The first-order valence-electron chi connectivity index (χ1n) is 8.13. The summed E-state index contributed by atoms with van der Waals surface area (Å²) >= 11 is 0. The number of hydrogen-bond acceptors (Lipinski definition) is 3. The monoisotopic (exact) mass is 377 g/mol. The van der Waals surface area contributed by atoms with Crippen molar-refractivity contribution in [2.75, 3.05) is 24.2 Å². The molecule has 2 amide bonds. The summed E-state index contributed by atoms with van der Waals surface area (Å²) in [6.07, 6.45) is 0.678. The number of carbonyl (C=O) groups is 2. The van der Waals surface area contributed by atoms with Crippen LogP contribution < -0.4 is 10.6 Å². The maximum absolute atomic E-state index is 13.9. The molecule has 2 N–H and O–H groups in total. The summed E-state index contributed by atoms with van der Waals surface area (Å²) in [6.45, 7) is 0.393. The van der Waals surface area contributed by atoms with E-state index in [0.717, 1.165) is 5.56 Å². The van der Waals surface area contributed by atoms with Crippen molar-refractivity contribution in [3.05, 3.63) is 59.9 Å². The van der Waals surface area contributed by atoms with Gasteiger partial charge in [0.25, 0.3) is 0 Å². The average Bonchev–Trinajstić information content (AvgIpc) is 2.98. The first-order valence-corrected chi connectivity index (χ1v) is 8.13. The minimum absolute atomic E-state index is 0. The summed E-state index contributed by atoms with van der Waals surface area (Å²) < 4.78 is 13.9. The molecule has 0 aliphatic carbocycles. The van der Waals surface area contributed by atoms with Gasteiger partial charge in [-0.25, -0.2) is 4.39 Å². The van der Waals surface area contributed by atoms with E-state index in [-0.39, 0.29) is 36.3 Å². The Balaban J connectivity index is 0.00000243. The third kappa shape index (κ3) is 3.96. The molecule has 1 saturated heterocycles. The Morgan fingerprint density at radius 1 is 1.23 bits per heavy atom. The van der Waals surface area contributed by atoms with Crippen molar-refractivity contribution in [2.24, 2.45) is 0 Å². The Morgan fingerprint density at radius 2 is 1.88 bits per heavy atom. The van der Waals surface area contributed by atoms with Gasteiger partial charge in [-0.15, -0.1) is 12.4 Å².